The molecular weight excluding hydrogens is 407 g/mol. The topological polar surface area (TPSA) is 35.0 Å². The van der Waals surface area contributed by atoms with E-state index in [9.17, 15) is 0 Å². The second kappa shape index (κ2) is 6.87. The molecule has 1 heterocycles. The van der Waals surface area contributed by atoms with E-state index in [1.807, 2.05) is 18.2 Å². The molecule has 20 heavy (non-hydrogen) atoms. The lowest BCUT2D eigenvalue weighted by Crippen LogP contribution is -1.98. The van der Waals surface area contributed by atoms with Gasteiger partial charge in [-0.2, -0.15) is 0 Å². The van der Waals surface area contributed by atoms with Crippen molar-refractivity contribution >= 4 is 43.5 Å². The third kappa shape index (κ3) is 3.32. The molecular formula is C14H13Br2ClN2O. The predicted octanol–water partition coefficient (Wildman–Crippen LogP) is 5.28. The molecule has 0 N–H and O–H groups in total. The zero-order valence-electron chi connectivity index (χ0n) is 11.1. The number of benzene rings is 1. The van der Waals surface area contributed by atoms with Crippen molar-refractivity contribution in [3.63, 3.8) is 0 Å². The summed E-state index contributed by atoms with van der Waals surface area (Å²) in [4.78, 5) is 8.91. The SMILES string of the molecule is CCCc1nc(-c2ccc(OC)c(Br)c2)nc(Cl)c1Br. The van der Waals surface area contributed by atoms with Gasteiger partial charge in [-0.15, -0.1) is 0 Å². The Morgan fingerprint density at radius 2 is 2.00 bits per heavy atom. The van der Waals surface area contributed by atoms with Crippen LogP contribution in [-0.2, 0) is 6.42 Å². The van der Waals surface area contributed by atoms with Crippen LogP contribution in [0.3, 0.4) is 0 Å². The lowest BCUT2D eigenvalue weighted by Gasteiger charge is -2.09. The first kappa shape index (κ1) is 15.7. The summed E-state index contributed by atoms with van der Waals surface area (Å²) in [5.74, 6) is 1.38. The van der Waals surface area contributed by atoms with Gasteiger partial charge in [0, 0.05) is 5.56 Å². The highest BCUT2D eigenvalue weighted by Crippen LogP contribution is 2.32. The molecule has 1 aromatic carbocycles. The first-order valence-corrected chi connectivity index (χ1v) is 8.09. The number of methoxy groups -OCH3 is 1. The molecule has 0 radical (unpaired) electrons. The summed E-state index contributed by atoms with van der Waals surface area (Å²) < 4.78 is 6.85. The van der Waals surface area contributed by atoms with Crippen molar-refractivity contribution in [2.24, 2.45) is 0 Å². The highest BCUT2D eigenvalue weighted by atomic mass is 79.9. The molecule has 0 saturated heterocycles. The number of rotatable bonds is 4. The van der Waals surface area contributed by atoms with E-state index in [1.54, 1.807) is 7.11 Å². The first-order chi connectivity index (χ1) is 9.56. The summed E-state index contributed by atoms with van der Waals surface area (Å²) in [5.41, 5.74) is 1.82. The van der Waals surface area contributed by atoms with E-state index in [1.165, 1.54) is 0 Å². The summed E-state index contributed by atoms with van der Waals surface area (Å²) in [6.07, 6.45) is 1.85. The maximum absolute atomic E-state index is 6.17. The zero-order chi connectivity index (χ0) is 14.7. The minimum atomic E-state index is 0.436. The molecule has 0 bridgehead atoms. The van der Waals surface area contributed by atoms with Crippen molar-refractivity contribution < 1.29 is 4.74 Å². The van der Waals surface area contributed by atoms with Gasteiger partial charge >= 0.3 is 0 Å². The smallest absolute Gasteiger partial charge is 0.161 e. The summed E-state index contributed by atoms with van der Waals surface area (Å²) in [6, 6.07) is 5.71. The van der Waals surface area contributed by atoms with Gasteiger partial charge in [0.15, 0.2) is 5.82 Å². The van der Waals surface area contributed by atoms with Crippen molar-refractivity contribution in [2.75, 3.05) is 7.11 Å². The van der Waals surface area contributed by atoms with Crippen LogP contribution in [0.25, 0.3) is 11.4 Å². The Balaban J connectivity index is 2.49. The van der Waals surface area contributed by atoms with E-state index < -0.39 is 0 Å². The zero-order valence-corrected chi connectivity index (χ0v) is 15.0. The van der Waals surface area contributed by atoms with E-state index in [0.29, 0.717) is 11.0 Å². The van der Waals surface area contributed by atoms with E-state index >= 15 is 0 Å². The molecule has 0 amide bonds. The number of aromatic nitrogens is 2. The Labute approximate surface area is 140 Å². The molecule has 2 aromatic rings. The number of nitrogens with zero attached hydrogens (tertiary/aromatic N) is 2. The molecule has 0 aliphatic heterocycles. The van der Waals surface area contributed by atoms with Gasteiger partial charge in [0.25, 0.3) is 0 Å². The summed E-state index contributed by atoms with van der Waals surface area (Å²) in [7, 11) is 1.63. The van der Waals surface area contributed by atoms with E-state index in [-0.39, 0.29) is 0 Å². The molecule has 6 heteroatoms. The molecule has 2 rings (SSSR count). The fourth-order valence-electron chi connectivity index (χ4n) is 1.80. The van der Waals surface area contributed by atoms with Gasteiger partial charge in [-0.05, 0) is 56.5 Å². The van der Waals surface area contributed by atoms with Crippen LogP contribution < -0.4 is 4.74 Å². The normalized spacial score (nSPS) is 10.7. The van der Waals surface area contributed by atoms with Crippen LogP contribution in [0, 0.1) is 0 Å². The van der Waals surface area contributed by atoms with Crippen molar-refractivity contribution in [3.8, 4) is 17.1 Å². The highest BCUT2D eigenvalue weighted by Gasteiger charge is 2.12. The van der Waals surface area contributed by atoms with Crippen LogP contribution in [0.5, 0.6) is 5.75 Å². The number of aryl methyl sites for hydroxylation is 1. The average molecular weight is 421 g/mol. The maximum Gasteiger partial charge on any atom is 0.161 e. The summed E-state index contributed by atoms with van der Waals surface area (Å²) in [6.45, 7) is 2.10. The Bertz CT molecular complexity index is 635. The third-order valence-electron chi connectivity index (χ3n) is 2.78. The third-order valence-corrected chi connectivity index (χ3v) is 4.73. The Morgan fingerprint density at radius 1 is 1.25 bits per heavy atom. The van der Waals surface area contributed by atoms with Gasteiger partial charge in [-0.3, -0.25) is 0 Å². The number of halogens is 3. The molecule has 0 fully saturated rings. The predicted molar refractivity (Wildman–Crippen MR) is 88.4 cm³/mol. The van der Waals surface area contributed by atoms with Crippen LogP contribution in [0.15, 0.2) is 27.1 Å². The molecule has 0 aliphatic rings. The lowest BCUT2D eigenvalue weighted by molar-refractivity contribution is 0.412. The fourth-order valence-corrected chi connectivity index (χ4v) is 2.91. The van der Waals surface area contributed by atoms with Crippen LogP contribution in [0.2, 0.25) is 5.15 Å². The van der Waals surface area contributed by atoms with Crippen molar-refractivity contribution in [2.45, 2.75) is 19.8 Å². The van der Waals surface area contributed by atoms with Crippen molar-refractivity contribution in [1.29, 1.82) is 0 Å². The van der Waals surface area contributed by atoms with Gasteiger partial charge in [0.2, 0.25) is 0 Å². The first-order valence-electron chi connectivity index (χ1n) is 6.12. The molecule has 106 valence electrons. The van der Waals surface area contributed by atoms with Crippen LogP contribution in [0.4, 0.5) is 0 Å². The van der Waals surface area contributed by atoms with Crippen LogP contribution in [0.1, 0.15) is 19.0 Å². The standard InChI is InChI=1S/C14H13Br2ClN2O/c1-3-4-10-12(16)13(17)19-14(18-10)8-5-6-11(20-2)9(15)7-8/h5-7H,3-4H2,1-2H3. The molecule has 0 atom stereocenters. The van der Waals surface area contributed by atoms with Crippen LogP contribution in [-0.4, -0.2) is 17.1 Å². The Hall–Kier alpha value is -0.650. The molecule has 3 nitrogen and oxygen atoms in total. The van der Waals surface area contributed by atoms with Gasteiger partial charge in [-0.25, -0.2) is 9.97 Å². The van der Waals surface area contributed by atoms with Gasteiger partial charge < -0.3 is 4.74 Å². The molecule has 0 aliphatic carbocycles. The summed E-state index contributed by atoms with van der Waals surface area (Å²) >= 11 is 13.1. The van der Waals surface area contributed by atoms with E-state index in [4.69, 9.17) is 16.3 Å². The van der Waals surface area contributed by atoms with Crippen LogP contribution >= 0.6 is 43.5 Å². The average Bonchev–Trinajstić information content (AvgIpc) is 2.43. The molecule has 0 spiro atoms. The van der Waals surface area contributed by atoms with Gasteiger partial charge in [0.05, 0.1) is 21.7 Å². The molecule has 0 saturated carbocycles. The quantitative estimate of drug-likeness (QED) is 0.631. The number of ether oxygens (including phenoxy) is 1. The van der Waals surface area contributed by atoms with E-state index in [2.05, 4.69) is 48.8 Å². The number of hydrogen-bond donors (Lipinski definition) is 0. The van der Waals surface area contributed by atoms with Crippen molar-refractivity contribution in [1.82, 2.24) is 9.97 Å². The second-order valence-electron chi connectivity index (χ2n) is 4.20. The lowest BCUT2D eigenvalue weighted by atomic mass is 10.2. The maximum atomic E-state index is 6.17. The Kier molecular flexibility index (Phi) is 5.41. The molecule has 1 aromatic heterocycles. The largest absolute Gasteiger partial charge is 0.496 e. The highest BCUT2D eigenvalue weighted by molar-refractivity contribution is 9.11. The van der Waals surface area contributed by atoms with Crippen molar-refractivity contribution in [3.05, 3.63) is 38.0 Å². The number of hydrogen-bond acceptors (Lipinski definition) is 3. The minimum Gasteiger partial charge on any atom is -0.496 e. The second-order valence-corrected chi connectivity index (χ2v) is 6.20. The van der Waals surface area contributed by atoms with Gasteiger partial charge in [0.1, 0.15) is 10.9 Å². The monoisotopic (exact) mass is 418 g/mol. The fraction of sp³-hybridized carbons (Fsp3) is 0.286. The van der Waals surface area contributed by atoms with Gasteiger partial charge in [-0.1, -0.05) is 24.9 Å². The Morgan fingerprint density at radius 3 is 2.60 bits per heavy atom. The minimum absolute atomic E-state index is 0.436. The van der Waals surface area contributed by atoms with E-state index in [0.717, 1.165) is 38.8 Å². The molecule has 0 unspecified atom stereocenters. The summed E-state index contributed by atoms with van der Waals surface area (Å²) in [5, 5.41) is 0.436.